The van der Waals surface area contributed by atoms with Crippen LogP contribution in [0.1, 0.15) is 103 Å². The minimum Gasteiger partial charge on any atom is -0.504 e. The van der Waals surface area contributed by atoms with E-state index >= 15 is 0 Å². The molecule has 1 aromatic carbocycles. The van der Waals surface area contributed by atoms with Crippen molar-refractivity contribution in [2.45, 2.75) is 66.2 Å². The zero-order chi connectivity index (χ0) is 23.1. The third-order valence-electron chi connectivity index (χ3n) is 6.78. The van der Waals surface area contributed by atoms with Crippen molar-refractivity contribution in [3.8, 4) is 11.5 Å². The van der Waals surface area contributed by atoms with E-state index in [-0.39, 0.29) is 45.7 Å². The molecule has 166 valence electrons. The Morgan fingerprint density at radius 3 is 2.52 bits per heavy atom. The van der Waals surface area contributed by atoms with Gasteiger partial charge in [0.1, 0.15) is 0 Å². The van der Waals surface area contributed by atoms with Crippen LogP contribution < -0.4 is 4.74 Å². The highest BCUT2D eigenvalue weighted by Gasteiger charge is 2.53. The van der Waals surface area contributed by atoms with Gasteiger partial charge in [0.05, 0.1) is 12.7 Å². The van der Waals surface area contributed by atoms with Gasteiger partial charge in [0.15, 0.2) is 29.4 Å². The van der Waals surface area contributed by atoms with E-state index < -0.39 is 11.3 Å². The van der Waals surface area contributed by atoms with Crippen LogP contribution in [0.3, 0.4) is 0 Å². The number of hydrogen-bond acceptors (Lipinski definition) is 5. The van der Waals surface area contributed by atoms with E-state index in [2.05, 4.69) is 26.0 Å². The summed E-state index contributed by atoms with van der Waals surface area (Å²) in [5, 5.41) is 10.7. The molecule has 0 heterocycles. The summed E-state index contributed by atoms with van der Waals surface area (Å²) < 4.78 is 5.39. The molecule has 5 heteroatoms. The lowest BCUT2D eigenvalue weighted by molar-refractivity contribution is 0.0560. The van der Waals surface area contributed by atoms with Crippen molar-refractivity contribution in [2.24, 2.45) is 11.3 Å². The van der Waals surface area contributed by atoms with Crippen molar-refractivity contribution in [1.82, 2.24) is 0 Å². The van der Waals surface area contributed by atoms with Gasteiger partial charge in [0.2, 0.25) is 0 Å². The third-order valence-corrected chi connectivity index (χ3v) is 6.78. The molecule has 2 atom stereocenters. The van der Waals surface area contributed by atoms with Crippen LogP contribution >= 0.6 is 0 Å². The minimum atomic E-state index is -0.865. The second-order valence-corrected chi connectivity index (χ2v) is 9.49. The Balaban J connectivity index is 2.18. The molecule has 2 aliphatic rings. The van der Waals surface area contributed by atoms with E-state index in [1.54, 1.807) is 0 Å². The molecule has 0 aromatic heterocycles. The number of ether oxygens (including phenoxy) is 1. The number of rotatable bonds is 6. The van der Waals surface area contributed by atoms with Crippen molar-refractivity contribution in [2.75, 3.05) is 7.11 Å². The largest absolute Gasteiger partial charge is 0.504 e. The van der Waals surface area contributed by atoms with Gasteiger partial charge >= 0.3 is 0 Å². The molecule has 3 rings (SSSR count). The summed E-state index contributed by atoms with van der Waals surface area (Å²) in [5.41, 5.74) is 2.22. The summed E-state index contributed by atoms with van der Waals surface area (Å²) in [6.07, 6.45) is 7.47. The van der Waals surface area contributed by atoms with E-state index in [0.29, 0.717) is 24.7 Å². The van der Waals surface area contributed by atoms with Crippen LogP contribution in [0.5, 0.6) is 11.5 Å². The average molecular weight is 425 g/mol. The molecule has 0 spiro atoms. The molecule has 0 unspecified atom stereocenters. The molecule has 0 saturated carbocycles. The topological polar surface area (TPSA) is 80.7 Å². The molecule has 0 radical (unpaired) electrons. The number of fused-ring (bicyclic) bond motifs is 2. The number of methoxy groups -OCH3 is 1. The number of benzene rings is 1. The van der Waals surface area contributed by atoms with Gasteiger partial charge in [-0.15, -0.1) is 0 Å². The first-order chi connectivity index (χ1) is 14.6. The number of carbonyl (C=O) groups excluding carboxylic acids is 3. The zero-order valence-corrected chi connectivity index (χ0v) is 19.3. The summed E-state index contributed by atoms with van der Waals surface area (Å²) in [5.74, 6) is -1.34. The molecule has 1 N–H and O–H groups in total. The fourth-order valence-electron chi connectivity index (χ4n) is 5.03. The molecular formula is C26H32O5. The Morgan fingerprint density at radius 2 is 1.97 bits per heavy atom. The molecule has 0 aliphatic heterocycles. The Hall–Kier alpha value is -2.69. The van der Waals surface area contributed by atoms with Crippen LogP contribution in [-0.2, 0) is 0 Å². The quantitative estimate of drug-likeness (QED) is 0.461. The van der Waals surface area contributed by atoms with Gasteiger partial charge in [-0.1, -0.05) is 44.1 Å². The summed E-state index contributed by atoms with van der Waals surface area (Å²) in [6.45, 7) is 9.73. The molecule has 0 fully saturated rings. The van der Waals surface area contributed by atoms with Gasteiger partial charge in [0.25, 0.3) is 0 Å². The molecular weight excluding hydrogens is 392 g/mol. The molecule has 0 saturated heterocycles. The fraction of sp³-hybridized carbons (Fsp3) is 0.500. The van der Waals surface area contributed by atoms with Crippen LogP contribution in [-0.4, -0.2) is 30.1 Å². The Labute approximate surface area is 184 Å². The van der Waals surface area contributed by atoms with E-state index in [1.807, 2.05) is 20.8 Å². The van der Waals surface area contributed by atoms with E-state index in [9.17, 15) is 19.5 Å². The number of allylic oxidation sites excluding steroid dienone is 4. The van der Waals surface area contributed by atoms with Crippen LogP contribution in [0.15, 0.2) is 23.3 Å². The Kier molecular flexibility index (Phi) is 6.26. The maximum absolute atomic E-state index is 13.9. The van der Waals surface area contributed by atoms with Gasteiger partial charge < -0.3 is 9.84 Å². The van der Waals surface area contributed by atoms with Gasteiger partial charge in [-0.25, -0.2) is 0 Å². The maximum Gasteiger partial charge on any atom is 0.170 e. The van der Waals surface area contributed by atoms with E-state index in [0.717, 1.165) is 12.8 Å². The number of phenols is 1. The van der Waals surface area contributed by atoms with Gasteiger partial charge in [-0.05, 0) is 45.4 Å². The maximum atomic E-state index is 13.9. The lowest BCUT2D eigenvalue weighted by Crippen LogP contribution is -2.47. The van der Waals surface area contributed by atoms with Crippen LogP contribution in [0, 0.1) is 11.3 Å². The molecule has 2 aliphatic carbocycles. The number of phenolic OH excluding ortho intramolecular Hbond substituents is 1. The van der Waals surface area contributed by atoms with E-state index in [1.165, 1.54) is 18.3 Å². The summed E-state index contributed by atoms with van der Waals surface area (Å²) in [7, 11) is 1.39. The van der Waals surface area contributed by atoms with Crippen molar-refractivity contribution >= 4 is 17.9 Å². The van der Waals surface area contributed by atoms with Gasteiger partial charge in [0, 0.05) is 28.0 Å². The SMILES string of the molecule is COc1c(O)c(C=O)c2c(c1C(C)C)C(=O)[C@@]1(C)CC=C(CCC=C(C)C)C[C@H]1C2=O. The number of hydrogen-bond donors (Lipinski definition) is 1. The Morgan fingerprint density at radius 1 is 1.29 bits per heavy atom. The first-order valence-corrected chi connectivity index (χ1v) is 10.9. The second kappa shape index (κ2) is 8.45. The second-order valence-electron chi connectivity index (χ2n) is 9.49. The first-order valence-electron chi connectivity index (χ1n) is 10.9. The van der Waals surface area contributed by atoms with Crippen LogP contribution in [0.25, 0.3) is 0 Å². The normalized spacial score (nSPS) is 22.5. The number of aldehydes is 1. The summed E-state index contributed by atoms with van der Waals surface area (Å²) in [4.78, 5) is 39.5. The standard InChI is InChI=1S/C26H32O5/c1-14(2)8-7-9-16-10-11-26(5)18(12-16)23(29)20-17(13-27)22(28)24(31-6)19(15(3)4)21(20)25(26)30/h8,10,13,15,18,28H,7,9,11-12H2,1-6H3/t18-,26-/m0/s1. The van der Waals surface area contributed by atoms with Crippen molar-refractivity contribution in [3.05, 3.63) is 45.6 Å². The number of aromatic hydroxyl groups is 1. The minimum absolute atomic E-state index is 0.0648. The smallest absolute Gasteiger partial charge is 0.170 e. The number of ketones is 2. The van der Waals surface area contributed by atoms with Crippen molar-refractivity contribution < 1.29 is 24.2 Å². The average Bonchev–Trinajstić information content (AvgIpc) is 2.71. The van der Waals surface area contributed by atoms with Crippen molar-refractivity contribution in [3.63, 3.8) is 0 Å². The van der Waals surface area contributed by atoms with Gasteiger partial charge in [-0.2, -0.15) is 0 Å². The predicted molar refractivity (Wildman–Crippen MR) is 120 cm³/mol. The van der Waals surface area contributed by atoms with Gasteiger partial charge in [-0.3, -0.25) is 14.4 Å². The fourth-order valence-corrected chi connectivity index (χ4v) is 5.03. The predicted octanol–water partition coefficient (Wildman–Crippen LogP) is 5.80. The molecule has 0 amide bonds. The number of Topliss-reactive ketones (excluding diaryl/α,β-unsaturated/α-hetero) is 2. The number of carbonyl (C=O) groups is 3. The third kappa shape index (κ3) is 3.64. The highest BCUT2D eigenvalue weighted by Crippen LogP contribution is 2.53. The first kappa shape index (κ1) is 23.0. The highest BCUT2D eigenvalue weighted by atomic mass is 16.5. The summed E-state index contributed by atoms with van der Waals surface area (Å²) in [6, 6.07) is 0. The van der Waals surface area contributed by atoms with Crippen LogP contribution in [0.4, 0.5) is 0 Å². The lowest BCUT2D eigenvalue weighted by atomic mass is 9.57. The highest BCUT2D eigenvalue weighted by molar-refractivity contribution is 6.22. The molecule has 0 bridgehead atoms. The summed E-state index contributed by atoms with van der Waals surface area (Å²) >= 11 is 0. The van der Waals surface area contributed by atoms with Crippen LogP contribution in [0.2, 0.25) is 0 Å². The monoisotopic (exact) mass is 424 g/mol. The molecule has 1 aromatic rings. The zero-order valence-electron chi connectivity index (χ0n) is 19.3. The Bertz CT molecular complexity index is 1010. The van der Waals surface area contributed by atoms with Crippen molar-refractivity contribution in [1.29, 1.82) is 0 Å². The molecule has 31 heavy (non-hydrogen) atoms. The molecule has 5 nitrogen and oxygen atoms in total. The van der Waals surface area contributed by atoms with E-state index in [4.69, 9.17) is 4.74 Å². The lowest BCUT2D eigenvalue weighted by Gasteiger charge is -2.43.